The second kappa shape index (κ2) is 3.18. The van der Waals surface area contributed by atoms with Crippen molar-refractivity contribution >= 4 is 39.7 Å². The maximum absolute atomic E-state index is 10.7. The van der Waals surface area contributed by atoms with Gasteiger partial charge in [0.1, 0.15) is 9.72 Å². The standard InChI is InChI=1S/C8H5ClN2O2S/c1-4-2-3-5(11(12)13)6-7(4)10-14-8(6)9/h2-3H,1H3. The molecule has 0 amide bonds. The summed E-state index contributed by atoms with van der Waals surface area (Å²) in [5.74, 6) is 0. The van der Waals surface area contributed by atoms with E-state index < -0.39 is 4.92 Å². The number of halogens is 1. The van der Waals surface area contributed by atoms with Crippen LogP contribution in [0.5, 0.6) is 0 Å². The second-order valence-corrected chi connectivity index (χ2v) is 4.21. The van der Waals surface area contributed by atoms with Gasteiger partial charge in [0, 0.05) is 6.07 Å². The fourth-order valence-corrected chi connectivity index (χ4v) is 2.27. The summed E-state index contributed by atoms with van der Waals surface area (Å²) in [5.41, 5.74) is 1.53. The van der Waals surface area contributed by atoms with E-state index in [9.17, 15) is 10.1 Å². The predicted molar refractivity (Wildman–Crippen MR) is 56.0 cm³/mol. The molecule has 1 heterocycles. The van der Waals surface area contributed by atoms with E-state index in [2.05, 4.69) is 4.37 Å². The normalized spacial score (nSPS) is 10.7. The molecule has 4 nitrogen and oxygen atoms in total. The molecule has 0 atom stereocenters. The molecule has 0 aliphatic carbocycles. The van der Waals surface area contributed by atoms with E-state index in [1.165, 1.54) is 6.07 Å². The van der Waals surface area contributed by atoms with Gasteiger partial charge in [0.2, 0.25) is 0 Å². The summed E-state index contributed by atoms with van der Waals surface area (Å²) in [6, 6.07) is 3.13. The molecule has 14 heavy (non-hydrogen) atoms. The Kier molecular flexibility index (Phi) is 2.13. The van der Waals surface area contributed by atoms with Crippen LogP contribution in [0.4, 0.5) is 5.69 Å². The second-order valence-electron chi connectivity index (χ2n) is 2.84. The van der Waals surface area contributed by atoms with Gasteiger partial charge in [-0.2, -0.15) is 4.37 Å². The first-order valence-electron chi connectivity index (χ1n) is 3.80. The van der Waals surface area contributed by atoms with Crippen LogP contribution in [0.1, 0.15) is 5.56 Å². The predicted octanol–water partition coefficient (Wildman–Crippen LogP) is 3.17. The molecule has 1 aromatic carbocycles. The zero-order valence-corrected chi connectivity index (χ0v) is 8.72. The Morgan fingerprint density at radius 1 is 1.57 bits per heavy atom. The Labute approximate surface area is 88.4 Å². The number of nitro benzene ring substituents is 1. The summed E-state index contributed by atoms with van der Waals surface area (Å²) in [6.45, 7) is 1.85. The van der Waals surface area contributed by atoms with E-state index in [0.717, 1.165) is 17.1 Å². The van der Waals surface area contributed by atoms with E-state index in [1.807, 2.05) is 6.92 Å². The number of nitro groups is 1. The number of non-ortho nitro benzene ring substituents is 1. The van der Waals surface area contributed by atoms with Crippen molar-refractivity contribution in [2.75, 3.05) is 0 Å². The first-order chi connectivity index (χ1) is 6.61. The lowest BCUT2D eigenvalue weighted by molar-refractivity contribution is -0.383. The lowest BCUT2D eigenvalue weighted by Gasteiger charge is -1.96. The molecule has 1 aromatic heterocycles. The smallest absolute Gasteiger partial charge is 0.258 e. The first-order valence-corrected chi connectivity index (χ1v) is 4.95. The molecule has 0 radical (unpaired) electrons. The van der Waals surface area contributed by atoms with Crippen molar-refractivity contribution in [3.8, 4) is 0 Å². The van der Waals surface area contributed by atoms with Crippen molar-refractivity contribution in [1.29, 1.82) is 0 Å². The maximum Gasteiger partial charge on any atom is 0.281 e. The Balaban J connectivity index is 2.92. The molecule has 0 N–H and O–H groups in total. The van der Waals surface area contributed by atoms with Crippen LogP contribution >= 0.6 is 23.1 Å². The Morgan fingerprint density at radius 2 is 2.29 bits per heavy atom. The highest BCUT2D eigenvalue weighted by Crippen LogP contribution is 2.36. The van der Waals surface area contributed by atoms with Crippen molar-refractivity contribution < 1.29 is 4.92 Å². The van der Waals surface area contributed by atoms with Crippen LogP contribution in [0, 0.1) is 17.0 Å². The van der Waals surface area contributed by atoms with Crippen molar-refractivity contribution in [3.05, 3.63) is 32.1 Å². The van der Waals surface area contributed by atoms with Crippen LogP contribution < -0.4 is 0 Å². The van der Waals surface area contributed by atoms with Crippen molar-refractivity contribution in [1.82, 2.24) is 4.37 Å². The van der Waals surface area contributed by atoms with Crippen LogP contribution in [0.3, 0.4) is 0 Å². The van der Waals surface area contributed by atoms with Crippen molar-refractivity contribution in [3.63, 3.8) is 0 Å². The van der Waals surface area contributed by atoms with E-state index in [-0.39, 0.29) is 5.69 Å². The lowest BCUT2D eigenvalue weighted by atomic mass is 10.1. The lowest BCUT2D eigenvalue weighted by Crippen LogP contribution is -1.89. The number of fused-ring (bicyclic) bond motifs is 1. The van der Waals surface area contributed by atoms with Gasteiger partial charge in [-0.25, -0.2) is 0 Å². The van der Waals surface area contributed by atoms with Gasteiger partial charge in [-0.1, -0.05) is 17.7 Å². The average Bonchev–Trinajstić information content (AvgIpc) is 2.50. The summed E-state index contributed by atoms with van der Waals surface area (Å²) < 4.78 is 4.44. The highest BCUT2D eigenvalue weighted by molar-refractivity contribution is 7.12. The fourth-order valence-electron chi connectivity index (χ4n) is 1.28. The van der Waals surface area contributed by atoms with Gasteiger partial charge in [0.15, 0.2) is 0 Å². The van der Waals surface area contributed by atoms with Gasteiger partial charge >= 0.3 is 0 Å². The van der Waals surface area contributed by atoms with Crippen molar-refractivity contribution in [2.24, 2.45) is 0 Å². The summed E-state index contributed by atoms with van der Waals surface area (Å²) in [7, 11) is 0. The molecule has 2 aromatic rings. The Bertz CT molecular complexity index is 523. The third-order valence-electron chi connectivity index (χ3n) is 1.97. The molecule has 0 unspecified atom stereocenters. The maximum atomic E-state index is 10.7. The Hall–Kier alpha value is -1.20. The molecular formula is C8H5ClN2O2S. The van der Waals surface area contributed by atoms with Crippen LogP contribution in [0.2, 0.25) is 4.34 Å². The average molecular weight is 229 g/mol. The molecule has 0 spiro atoms. The number of benzene rings is 1. The Morgan fingerprint density at radius 3 is 2.93 bits per heavy atom. The number of hydrogen-bond acceptors (Lipinski definition) is 4. The molecule has 72 valence electrons. The summed E-state index contributed by atoms with van der Waals surface area (Å²) in [4.78, 5) is 10.3. The molecule has 0 bridgehead atoms. The number of nitrogens with zero attached hydrogens (tertiary/aromatic N) is 2. The van der Waals surface area contributed by atoms with Crippen LogP contribution in [-0.2, 0) is 0 Å². The quantitative estimate of drug-likeness (QED) is 0.556. The number of aryl methyl sites for hydroxylation is 1. The van der Waals surface area contributed by atoms with Crippen molar-refractivity contribution in [2.45, 2.75) is 6.92 Å². The third kappa shape index (κ3) is 1.25. The van der Waals surface area contributed by atoms with Gasteiger partial charge in [-0.05, 0) is 24.0 Å². The van der Waals surface area contributed by atoms with Gasteiger partial charge in [-0.15, -0.1) is 0 Å². The summed E-state index contributed by atoms with van der Waals surface area (Å²) in [6.07, 6.45) is 0. The number of hydrogen-bond donors (Lipinski definition) is 0. The first kappa shape index (κ1) is 9.36. The number of aromatic nitrogens is 1. The monoisotopic (exact) mass is 228 g/mol. The topological polar surface area (TPSA) is 56.0 Å². The van der Waals surface area contributed by atoms with E-state index >= 15 is 0 Å². The van der Waals surface area contributed by atoms with E-state index in [4.69, 9.17) is 11.6 Å². The van der Waals surface area contributed by atoms with Gasteiger partial charge < -0.3 is 0 Å². The highest BCUT2D eigenvalue weighted by atomic mass is 35.5. The van der Waals surface area contributed by atoms with Gasteiger partial charge in [0.25, 0.3) is 5.69 Å². The zero-order chi connectivity index (χ0) is 10.3. The molecular weight excluding hydrogens is 224 g/mol. The minimum Gasteiger partial charge on any atom is -0.258 e. The minimum absolute atomic E-state index is 0.0179. The highest BCUT2D eigenvalue weighted by Gasteiger charge is 2.18. The molecule has 0 saturated carbocycles. The molecule has 2 rings (SSSR count). The molecule has 0 aliphatic rings. The zero-order valence-electron chi connectivity index (χ0n) is 7.15. The molecule has 0 fully saturated rings. The number of rotatable bonds is 1. The van der Waals surface area contributed by atoms with Crippen LogP contribution in [0.25, 0.3) is 10.9 Å². The largest absolute Gasteiger partial charge is 0.281 e. The van der Waals surface area contributed by atoms with Crippen LogP contribution in [0.15, 0.2) is 12.1 Å². The van der Waals surface area contributed by atoms with Gasteiger partial charge in [-0.3, -0.25) is 10.1 Å². The summed E-state index contributed by atoms with van der Waals surface area (Å²) >= 11 is 6.92. The molecule has 0 saturated heterocycles. The molecule has 6 heteroatoms. The van der Waals surface area contributed by atoms with Crippen LogP contribution in [-0.4, -0.2) is 9.30 Å². The van der Waals surface area contributed by atoms with E-state index in [1.54, 1.807) is 6.07 Å². The summed E-state index contributed by atoms with van der Waals surface area (Å²) in [5, 5.41) is 11.1. The SMILES string of the molecule is Cc1ccc([N+](=O)[O-])c2c(Cl)snc12. The van der Waals surface area contributed by atoms with E-state index in [0.29, 0.717) is 15.2 Å². The van der Waals surface area contributed by atoms with Gasteiger partial charge in [0.05, 0.1) is 10.4 Å². The molecule has 0 aliphatic heterocycles. The minimum atomic E-state index is -0.442. The third-order valence-corrected chi connectivity index (χ3v) is 3.00. The fraction of sp³-hybridized carbons (Fsp3) is 0.125.